The molecule has 0 atom stereocenters. The molecule has 1 aromatic carbocycles. The summed E-state index contributed by atoms with van der Waals surface area (Å²) in [4.78, 5) is 23.2. The lowest BCUT2D eigenvalue weighted by atomic mass is 9.99. The monoisotopic (exact) mass is 254 g/mol. The molecule has 3 nitrogen and oxygen atoms in total. The molecular weight excluding hydrogens is 240 g/mol. The van der Waals surface area contributed by atoms with Crippen LogP contribution in [0.4, 0.5) is 0 Å². The summed E-state index contributed by atoms with van der Waals surface area (Å²) < 4.78 is 5.46. The van der Waals surface area contributed by atoms with Gasteiger partial charge in [0, 0.05) is 6.92 Å². The van der Waals surface area contributed by atoms with Crippen molar-refractivity contribution in [2.24, 2.45) is 0 Å². The van der Waals surface area contributed by atoms with E-state index >= 15 is 0 Å². The lowest BCUT2D eigenvalue weighted by molar-refractivity contribution is -0.111. The van der Waals surface area contributed by atoms with Crippen molar-refractivity contribution in [1.29, 1.82) is 0 Å². The minimum absolute atomic E-state index is 0.185. The van der Waals surface area contributed by atoms with Crippen molar-refractivity contribution >= 4 is 16.8 Å². The van der Waals surface area contributed by atoms with E-state index in [0.29, 0.717) is 11.0 Å². The summed E-state index contributed by atoms with van der Waals surface area (Å²) in [5.74, 6) is 4.64. The number of benzene rings is 1. The van der Waals surface area contributed by atoms with Crippen LogP contribution in [0.5, 0.6) is 0 Å². The molecule has 0 radical (unpaired) electrons. The number of Topliss-reactive ketones (excluding diaryl/α,β-unsaturated/α-hetero) is 1. The van der Waals surface area contributed by atoms with Gasteiger partial charge in [-0.1, -0.05) is 5.92 Å². The van der Waals surface area contributed by atoms with Crippen LogP contribution in [0.25, 0.3) is 11.0 Å². The van der Waals surface area contributed by atoms with Crippen molar-refractivity contribution in [3.63, 3.8) is 0 Å². The summed E-state index contributed by atoms with van der Waals surface area (Å²) >= 11 is 0. The molecule has 0 aliphatic heterocycles. The Morgan fingerprint density at radius 1 is 1.21 bits per heavy atom. The number of aryl methyl sites for hydroxylation is 2. The first kappa shape index (κ1) is 13.1. The quantitative estimate of drug-likeness (QED) is 0.679. The van der Waals surface area contributed by atoms with Crippen molar-refractivity contribution in [3.05, 3.63) is 44.8 Å². The molecule has 96 valence electrons. The first-order chi connectivity index (χ1) is 8.91. The summed E-state index contributed by atoms with van der Waals surface area (Å²) in [7, 11) is 0. The molecule has 0 saturated heterocycles. The van der Waals surface area contributed by atoms with Gasteiger partial charge in [0.1, 0.15) is 17.4 Å². The smallest absolute Gasteiger partial charge is 0.208 e. The number of rotatable bonds is 0. The number of hydrogen-bond acceptors (Lipinski definition) is 3. The lowest BCUT2D eigenvalue weighted by Crippen LogP contribution is -2.08. The van der Waals surface area contributed by atoms with E-state index in [2.05, 4.69) is 11.8 Å². The standard InChI is InChI=1S/C16H14O3/c1-9-7-14-15(12(4)11(9)3)16(18)13(8-19-14)6-5-10(2)17/h7-8H,1-4H3. The van der Waals surface area contributed by atoms with E-state index in [1.165, 1.54) is 13.2 Å². The van der Waals surface area contributed by atoms with Gasteiger partial charge in [-0.25, -0.2) is 0 Å². The summed E-state index contributed by atoms with van der Waals surface area (Å²) in [5, 5.41) is 0.540. The normalized spacial score (nSPS) is 10.1. The second-order valence-corrected chi connectivity index (χ2v) is 4.60. The summed E-state index contributed by atoms with van der Waals surface area (Å²) in [6.45, 7) is 7.20. The Morgan fingerprint density at radius 3 is 2.53 bits per heavy atom. The van der Waals surface area contributed by atoms with Crippen molar-refractivity contribution < 1.29 is 9.21 Å². The molecule has 2 aromatic rings. The van der Waals surface area contributed by atoms with Crippen LogP contribution in [0, 0.1) is 32.6 Å². The van der Waals surface area contributed by atoms with E-state index in [4.69, 9.17) is 4.42 Å². The SMILES string of the molecule is CC(=O)C#Cc1coc2cc(C)c(C)c(C)c2c1=O. The third-order valence-electron chi connectivity index (χ3n) is 3.27. The van der Waals surface area contributed by atoms with Crippen LogP contribution in [0.1, 0.15) is 29.2 Å². The van der Waals surface area contributed by atoms with Crippen molar-refractivity contribution in [2.45, 2.75) is 27.7 Å². The predicted molar refractivity (Wildman–Crippen MR) is 74.3 cm³/mol. The van der Waals surface area contributed by atoms with Crippen LogP contribution < -0.4 is 5.43 Å². The van der Waals surface area contributed by atoms with E-state index in [0.717, 1.165) is 16.7 Å². The molecule has 2 rings (SSSR count). The highest BCUT2D eigenvalue weighted by molar-refractivity contribution is 5.94. The van der Waals surface area contributed by atoms with Crippen LogP contribution >= 0.6 is 0 Å². The fraction of sp³-hybridized carbons (Fsp3) is 0.250. The Bertz CT molecular complexity index is 799. The molecule has 0 N–H and O–H groups in total. The van der Waals surface area contributed by atoms with Crippen LogP contribution in [0.15, 0.2) is 21.5 Å². The van der Waals surface area contributed by atoms with Gasteiger partial charge in [-0.3, -0.25) is 9.59 Å². The van der Waals surface area contributed by atoms with Gasteiger partial charge in [-0.15, -0.1) is 0 Å². The van der Waals surface area contributed by atoms with E-state index in [1.54, 1.807) is 0 Å². The van der Waals surface area contributed by atoms with Crippen LogP contribution in [0.3, 0.4) is 0 Å². The summed E-state index contributed by atoms with van der Waals surface area (Å²) in [6.07, 6.45) is 1.31. The number of ketones is 1. The van der Waals surface area contributed by atoms with Gasteiger partial charge < -0.3 is 4.42 Å². The molecule has 0 amide bonds. The molecule has 0 spiro atoms. The second-order valence-electron chi connectivity index (χ2n) is 4.60. The maximum atomic E-state index is 12.4. The van der Waals surface area contributed by atoms with Crippen molar-refractivity contribution in [3.8, 4) is 11.8 Å². The zero-order valence-electron chi connectivity index (χ0n) is 11.4. The van der Waals surface area contributed by atoms with Gasteiger partial charge in [-0.2, -0.15) is 0 Å². The van der Waals surface area contributed by atoms with Gasteiger partial charge in [-0.05, 0) is 49.4 Å². The van der Waals surface area contributed by atoms with Gasteiger partial charge in [0.25, 0.3) is 0 Å². The van der Waals surface area contributed by atoms with Gasteiger partial charge in [0.2, 0.25) is 11.2 Å². The third kappa shape index (κ3) is 2.30. The van der Waals surface area contributed by atoms with Crippen LogP contribution in [0.2, 0.25) is 0 Å². The Labute approximate surface area is 111 Å². The molecule has 3 heteroatoms. The van der Waals surface area contributed by atoms with Gasteiger partial charge in [0.05, 0.1) is 5.39 Å². The highest BCUT2D eigenvalue weighted by Gasteiger charge is 2.11. The maximum absolute atomic E-state index is 12.4. The van der Waals surface area contributed by atoms with Crippen LogP contribution in [-0.2, 0) is 4.79 Å². The number of carbonyl (C=O) groups is 1. The third-order valence-corrected chi connectivity index (χ3v) is 3.27. The first-order valence-electron chi connectivity index (χ1n) is 5.96. The molecule has 0 fully saturated rings. The summed E-state index contributed by atoms with van der Waals surface area (Å²) in [6, 6.07) is 1.85. The average Bonchev–Trinajstić information content (AvgIpc) is 2.34. The van der Waals surface area contributed by atoms with Gasteiger partial charge in [0.15, 0.2) is 0 Å². The van der Waals surface area contributed by atoms with E-state index in [-0.39, 0.29) is 16.8 Å². The number of fused-ring (bicyclic) bond motifs is 1. The van der Waals surface area contributed by atoms with Crippen LogP contribution in [-0.4, -0.2) is 5.78 Å². The summed E-state index contributed by atoms with van der Waals surface area (Å²) in [5.41, 5.74) is 3.63. The highest BCUT2D eigenvalue weighted by Crippen LogP contribution is 2.22. The molecule has 0 aliphatic rings. The zero-order chi connectivity index (χ0) is 14.2. The largest absolute Gasteiger partial charge is 0.463 e. The molecule has 0 aliphatic carbocycles. The molecule has 1 aromatic heterocycles. The molecule has 0 bridgehead atoms. The Morgan fingerprint density at radius 2 is 1.89 bits per heavy atom. The molecule has 1 heterocycles. The minimum atomic E-state index is -0.281. The molecule has 19 heavy (non-hydrogen) atoms. The number of carbonyl (C=O) groups excluding carboxylic acids is 1. The lowest BCUT2D eigenvalue weighted by Gasteiger charge is -2.08. The van der Waals surface area contributed by atoms with Crippen molar-refractivity contribution in [2.75, 3.05) is 0 Å². The minimum Gasteiger partial charge on any atom is -0.463 e. The topological polar surface area (TPSA) is 47.3 Å². The Hall–Kier alpha value is -2.34. The first-order valence-corrected chi connectivity index (χ1v) is 5.96. The van der Waals surface area contributed by atoms with E-state index in [1.807, 2.05) is 26.8 Å². The average molecular weight is 254 g/mol. The second kappa shape index (κ2) is 4.74. The Kier molecular flexibility index (Phi) is 3.26. The van der Waals surface area contributed by atoms with Gasteiger partial charge >= 0.3 is 0 Å². The Balaban J connectivity index is 2.83. The fourth-order valence-electron chi connectivity index (χ4n) is 1.97. The maximum Gasteiger partial charge on any atom is 0.208 e. The number of hydrogen-bond donors (Lipinski definition) is 0. The predicted octanol–water partition coefficient (Wildman–Crippen LogP) is 2.66. The fourth-order valence-corrected chi connectivity index (χ4v) is 1.97. The van der Waals surface area contributed by atoms with Crippen molar-refractivity contribution in [1.82, 2.24) is 0 Å². The highest BCUT2D eigenvalue weighted by atomic mass is 16.3. The molecule has 0 unspecified atom stereocenters. The molecular formula is C16H14O3. The zero-order valence-corrected chi connectivity index (χ0v) is 11.4. The van der Waals surface area contributed by atoms with E-state index in [9.17, 15) is 9.59 Å². The van der Waals surface area contributed by atoms with E-state index < -0.39 is 0 Å². The molecule has 0 saturated carbocycles.